The number of carboxylic acid groups (broad SMARTS) is 1. The Hall–Kier alpha value is -2.62. The summed E-state index contributed by atoms with van der Waals surface area (Å²) in [7, 11) is 0. The van der Waals surface area contributed by atoms with E-state index in [0.717, 1.165) is 25.7 Å². The number of aliphatic carboxylic acids is 1. The lowest BCUT2D eigenvalue weighted by molar-refractivity contribution is -0.160. The summed E-state index contributed by atoms with van der Waals surface area (Å²) >= 11 is 1.32. The number of amides is 2. The average Bonchev–Trinajstić information content (AvgIpc) is 3.34. The van der Waals surface area contributed by atoms with Crippen molar-refractivity contribution in [1.29, 1.82) is 0 Å². The SMILES string of the molecule is CCC1(O/N=C(\C(=O)N[C@@H]2C(=O)N3[C@@H]2SC(C)(C)[C@@H]3C(=O)O)c2ccccc2F)CCCC1. The lowest BCUT2D eigenvalue weighted by Crippen LogP contribution is -2.71. The van der Waals surface area contributed by atoms with Gasteiger partial charge in [0.25, 0.3) is 5.91 Å². The molecule has 1 aliphatic carbocycles. The van der Waals surface area contributed by atoms with Crippen LogP contribution < -0.4 is 5.32 Å². The van der Waals surface area contributed by atoms with Gasteiger partial charge >= 0.3 is 5.97 Å². The van der Waals surface area contributed by atoms with Gasteiger partial charge in [0.05, 0.1) is 0 Å². The van der Waals surface area contributed by atoms with E-state index in [1.165, 1.54) is 34.9 Å². The number of nitrogens with one attached hydrogen (secondary N) is 1. The Morgan fingerprint density at radius 3 is 2.58 bits per heavy atom. The van der Waals surface area contributed by atoms with Crippen LogP contribution in [-0.2, 0) is 19.2 Å². The van der Waals surface area contributed by atoms with Crippen LogP contribution >= 0.6 is 11.8 Å². The van der Waals surface area contributed by atoms with Crippen LogP contribution in [0, 0.1) is 5.82 Å². The molecule has 1 aromatic rings. The Morgan fingerprint density at radius 2 is 1.97 bits per heavy atom. The van der Waals surface area contributed by atoms with Crippen molar-refractivity contribution in [1.82, 2.24) is 10.2 Å². The van der Waals surface area contributed by atoms with Crippen LogP contribution in [0.1, 0.15) is 58.4 Å². The predicted octanol–water partition coefficient (Wildman–Crippen LogP) is 2.90. The van der Waals surface area contributed by atoms with Crippen molar-refractivity contribution in [3.05, 3.63) is 35.6 Å². The molecule has 0 spiro atoms. The molecule has 0 aromatic heterocycles. The lowest BCUT2D eigenvalue weighted by atomic mass is 9.96. The van der Waals surface area contributed by atoms with E-state index in [1.807, 2.05) is 6.92 Å². The van der Waals surface area contributed by atoms with E-state index >= 15 is 0 Å². The summed E-state index contributed by atoms with van der Waals surface area (Å²) in [6.07, 6.45) is 4.31. The molecule has 0 unspecified atom stereocenters. The largest absolute Gasteiger partial charge is 0.480 e. The van der Waals surface area contributed by atoms with Gasteiger partial charge in [0.2, 0.25) is 5.91 Å². The molecule has 178 valence electrons. The zero-order valence-electron chi connectivity index (χ0n) is 18.8. The fourth-order valence-corrected chi connectivity index (χ4v) is 6.52. The monoisotopic (exact) mass is 477 g/mol. The maximum Gasteiger partial charge on any atom is 0.327 e. The van der Waals surface area contributed by atoms with Gasteiger partial charge in [-0.25, -0.2) is 9.18 Å². The highest BCUT2D eigenvalue weighted by Crippen LogP contribution is 2.50. The topological polar surface area (TPSA) is 108 Å². The van der Waals surface area contributed by atoms with Crippen LogP contribution in [0.4, 0.5) is 4.39 Å². The number of carboxylic acids is 1. The van der Waals surface area contributed by atoms with Gasteiger partial charge in [-0.2, -0.15) is 0 Å². The number of benzene rings is 1. The summed E-state index contributed by atoms with van der Waals surface area (Å²) in [5.41, 5.74) is -0.748. The average molecular weight is 478 g/mol. The molecular formula is C23H28FN3O5S. The molecule has 3 fully saturated rings. The van der Waals surface area contributed by atoms with Gasteiger partial charge in [0.1, 0.15) is 28.9 Å². The number of thioether (sulfide) groups is 1. The molecule has 2 heterocycles. The van der Waals surface area contributed by atoms with Gasteiger partial charge in [0, 0.05) is 10.3 Å². The van der Waals surface area contributed by atoms with E-state index in [4.69, 9.17) is 4.84 Å². The molecule has 0 radical (unpaired) electrons. The van der Waals surface area contributed by atoms with Gasteiger partial charge in [-0.3, -0.25) is 9.59 Å². The van der Waals surface area contributed by atoms with Gasteiger partial charge in [-0.15, -0.1) is 11.8 Å². The third-order valence-corrected chi connectivity index (χ3v) is 8.37. The fourth-order valence-electron chi connectivity index (χ4n) is 4.89. The van der Waals surface area contributed by atoms with Crippen LogP contribution in [0.2, 0.25) is 0 Å². The molecule has 1 saturated carbocycles. The third kappa shape index (κ3) is 4.09. The molecule has 10 heteroatoms. The second-order valence-corrected chi connectivity index (χ2v) is 11.1. The van der Waals surface area contributed by atoms with Crippen molar-refractivity contribution in [2.75, 3.05) is 0 Å². The first-order valence-electron chi connectivity index (χ1n) is 11.1. The number of β-lactam (4-membered cyclic amide) rings is 1. The Balaban J connectivity index is 1.58. The van der Waals surface area contributed by atoms with Crippen molar-refractivity contribution in [2.45, 2.75) is 80.7 Å². The number of carbonyl (C=O) groups is 3. The zero-order chi connectivity index (χ0) is 24.0. The molecular weight excluding hydrogens is 449 g/mol. The Kier molecular flexibility index (Phi) is 6.15. The maximum atomic E-state index is 14.6. The van der Waals surface area contributed by atoms with Gasteiger partial charge in [-0.1, -0.05) is 24.2 Å². The molecule has 2 amide bonds. The highest BCUT2D eigenvalue weighted by Gasteiger charge is 2.64. The van der Waals surface area contributed by atoms with E-state index < -0.39 is 51.4 Å². The summed E-state index contributed by atoms with van der Waals surface area (Å²) in [5, 5.41) is 15.8. The van der Waals surface area contributed by atoms with E-state index in [9.17, 15) is 23.9 Å². The summed E-state index contributed by atoms with van der Waals surface area (Å²) in [5.74, 6) is -2.93. The summed E-state index contributed by atoms with van der Waals surface area (Å²) in [4.78, 5) is 44.8. The fraction of sp³-hybridized carbons (Fsp3) is 0.565. The molecule has 2 aliphatic heterocycles. The van der Waals surface area contributed by atoms with E-state index in [2.05, 4.69) is 10.5 Å². The quantitative estimate of drug-likeness (QED) is 0.355. The second kappa shape index (κ2) is 8.62. The highest BCUT2D eigenvalue weighted by molar-refractivity contribution is 8.01. The van der Waals surface area contributed by atoms with Gasteiger partial charge in [-0.05, 0) is 58.1 Å². The summed E-state index contributed by atoms with van der Waals surface area (Å²) in [6.45, 7) is 5.50. The van der Waals surface area contributed by atoms with Crippen molar-refractivity contribution in [2.24, 2.45) is 5.16 Å². The van der Waals surface area contributed by atoms with Crippen LogP contribution in [-0.4, -0.2) is 61.3 Å². The Morgan fingerprint density at radius 1 is 1.30 bits per heavy atom. The van der Waals surface area contributed by atoms with Crippen LogP contribution in [0.3, 0.4) is 0 Å². The van der Waals surface area contributed by atoms with E-state index in [-0.39, 0.29) is 11.3 Å². The Labute approximate surface area is 195 Å². The first kappa shape index (κ1) is 23.5. The summed E-state index contributed by atoms with van der Waals surface area (Å²) < 4.78 is 13.9. The minimum absolute atomic E-state index is 0.0225. The molecule has 8 nitrogen and oxygen atoms in total. The molecule has 4 rings (SSSR count). The van der Waals surface area contributed by atoms with Crippen molar-refractivity contribution < 1.29 is 28.7 Å². The first-order chi connectivity index (χ1) is 15.6. The molecule has 33 heavy (non-hydrogen) atoms. The number of nitrogens with zero attached hydrogens (tertiary/aromatic N) is 2. The zero-order valence-corrected chi connectivity index (χ0v) is 19.7. The number of carbonyl (C=O) groups excluding carboxylic acids is 2. The minimum atomic E-state index is -1.09. The van der Waals surface area contributed by atoms with E-state index in [0.29, 0.717) is 6.42 Å². The molecule has 0 bridgehead atoms. The Bertz CT molecular complexity index is 1010. The normalized spacial score (nSPS) is 27.6. The lowest BCUT2D eigenvalue weighted by Gasteiger charge is -2.43. The van der Waals surface area contributed by atoms with Crippen molar-refractivity contribution >= 4 is 35.3 Å². The van der Waals surface area contributed by atoms with Gasteiger partial charge < -0.3 is 20.2 Å². The van der Waals surface area contributed by atoms with E-state index in [1.54, 1.807) is 19.9 Å². The van der Waals surface area contributed by atoms with Crippen LogP contribution in [0.5, 0.6) is 0 Å². The molecule has 2 saturated heterocycles. The van der Waals surface area contributed by atoms with Crippen LogP contribution in [0.25, 0.3) is 0 Å². The van der Waals surface area contributed by atoms with Crippen molar-refractivity contribution in [3.8, 4) is 0 Å². The molecule has 1 aromatic carbocycles. The van der Waals surface area contributed by atoms with Crippen LogP contribution in [0.15, 0.2) is 29.4 Å². The maximum absolute atomic E-state index is 14.6. The third-order valence-electron chi connectivity index (χ3n) is 6.80. The number of hydrogen-bond donors (Lipinski definition) is 2. The smallest absolute Gasteiger partial charge is 0.327 e. The minimum Gasteiger partial charge on any atom is -0.480 e. The number of oxime groups is 1. The number of fused-ring (bicyclic) bond motifs is 1. The standard InChI is InChI=1S/C23H28FN3O5S/c1-4-23(11-7-8-12-23)32-26-15(13-9-5-6-10-14(13)24)18(28)25-16-19(29)27-17(21(30)31)22(2,3)33-20(16)27/h5-6,9-10,16-17,20H,4,7-8,11-12H2,1-3H3,(H,25,28)(H,30,31)/b26-15-/t16-,17+,20-/m1/s1. The molecule has 2 N–H and O–H groups in total. The second-order valence-electron chi connectivity index (χ2n) is 9.30. The number of hydrogen-bond acceptors (Lipinski definition) is 6. The highest BCUT2D eigenvalue weighted by atomic mass is 32.2. The first-order valence-corrected chi connectivity index (χ1v) is 12.0. The number of halogens is 1. The van der Waals surface area contributed by atoms with Crippen molar-refractivity contribution in [3.63, 3.8) is 0 Å². The molecule has 3 atom stereocenters. The van der Waals surface area contributed by atoms with Gasteiger partial charge in [0.15, 0.2) is 5.71 Å². The predicted molar refractivity (Wildman–Crippen MR) is 121 cm³/mol. The molecule has 3 aliphatic rings. The number of rotatable bonds is 7. The summed E-state index contributed by atoms with van der Waals surface area (Å²) in [6, 6.07) is 3.86.